The number of nitrogens with zero attached hydrogens (tertiary/aromatic N) is 3. The summed E-state index contributed by atoms with van der Waals surface area (Å²) in [4.78, 5) is 7.29. The van der Waals surface area contributed by atoms with Crippen LogP contribution in [0.25, 0.3) is 0 Å². The van der Waals surface area contributed by atoms with Gasteiger partial charge in [-0.25, -0.2) is 24.2 Å². The van der Waals surface area contributed by atoms with E-state index < -0.39 is 10.0 Å². The highest BCUT2D eigenvalue weighted by Gasteiger charge is 2.16. The summed E-state index contributed by atoms with van der Waals surface area (Å²) >= 11 is 5.84. The first-order chi connectivity index (χ1) is 9.96. The Bertz CT molecular complexity index is 800. The van der Waals surface area contributed by atoms with E-state index in [1.807, 2.05) is 6.07 Å². The van der Waals surface area contributed by atoms with Crippen molar-refractivity contribution in [1.82, 2.24) is 9.97 Å². The van der Waals surface area contributed by atoms with Crippen molar-refractivity contribution >= 4 is 33.3 Å². The number of hydrogen-bond acceptors (Lipinski definition) is 7. The Morgan fingerprint density at radius 2 is 1.95 bits per heavy atom. The molecule has 10 heteroatoms. The van der Waals surface area contributed by atoms with E-state index in [0.29, 0.717) is 0 Å². The van der Waals surface area contributed by atoms with Gasteiger partial charge in [0, 0.05) is 0 Å². The molecule has 0 unspecified atom stereocenters. The molecule has 8 nitrogen and oxygen atoms in total. The molecule has 4 N–H and O–H groups in total. The van der Waals surface area contributed by atoms with Crippen LogP contribution in [0.4, 0.5) is 11.6 Å². The van der Waals surface area contributed by atoms with Gasteiger partial charge < -0.3 is 0 Å². The van der Waals surface area contributed by atoms with Crippen LogP contribution < -0.4 is 16.0 Å². The molecular weight excluding hydrogens is 316 g/mol. The number of halogens is 1. The largest absolute Gasteiger partial charge is 0.292 e. The molecule has 0 aliphatic rings. The van der Waals surface area contributed by atoms with Gasteiger partial charge in [-0.05, 0) is 18.2 Å². The van der Waals surface area contributed by atoms with Crippen molar-refractivity contribution in [2.75, 3.05) is 10.1 Å². The summed E-state index contributed by atoms with van der Waals surface area (Å²) in [6.07, 6.45) is 2.21. The lowest BCUT2D eigenvalue weighted by Crippen LogP contribution is -2.15. The van der Waals surface area contributed by atoms with E-state index in [0.717, 1.165) is 12.4 Å². The molecule has 1 aromatic heterocycles. The van der Waals surface area contributed by atoms with Crippen LogP contribution in [0.1, 0.15) is 5.56 Å². The summed E-state index contributed by atoms with van der Waals surface area (Å²) < 4.78 is 26.5. The summed E-state index contributed by atoms with van der Waals surface area (Å²) in [7, 11) is -3.86. The van der Waals surface area contributed by atoms with Gasteiger partial charge in [0.2, 0.25) is 5.95 Å². The third kappa shape index (κ3) is 3.38. The van der Waals surface area contributed by atoms with Crippen molar-refractivity contribution in [2.45, 2.75) is 4.90 Å². The van der Waals surface area contributed by atoms with Crippen molar-refractivity contribution < 1.29 is 8.42 Å². The number of sulfonamides is 1. The lowest BCUT2D eigenvalue weighted by molar-refractivity contribution is 0.600. The molecule has 0 bridgehead atoms. The molecule has 0 aliphatic carbocycles. The van der Waals surface area contributed by atoms with Gasteiger partial charge in [0.15, 0.2) is 0 Å². The minimum atomic E-state index is -3.86. The van der Waals surface area contributed by atoms with Crippen LogP contribution in [0.5, 0.6) is 0 Å². The first kappa shape index (κ1) is 15.0. The van der Waals surface area contributed by atoms with Gasteiger partial charge in [-0.15, -0.1) is 0 Å². The molecule has 0 amide bonds. The van der Waals surface area contributed by atoms with Crippen molar-refractivity contribution in [3.63, 3.8) is 0 Å². The summed E-state index contributed by atoms with van der Waals surface area (Å²) in [5, 5.41) is 8.91. The van der Waals surface area contributed by atoms with Crippen molar-refractivity contribution in [1.29, 1.82) is 5.26 Å². The molecule has 0 atom stereocenters. The summed E-state index contributed by atoms with van der Waals surface area (Å²) in [5.74, 6) is 5.19. The zero-order valence-electron chi connectivity index (χ0n) is 10.4. The smallest absolute Gasteiger partial charge is 0.264 e. The topological polar surface area (TPSA) is 134 Å². The lowest BCUT2D eigenvalue weighted by atomic mass is 10.2. The van der Waals surface area contributed by atoms with Crippen LogP contribution in [-0.4, -0.2) is 18.4 Å². The summed E-state index contributed by atoms with van der Waals surface area (Å²) in [6.45, 7) is 0. The molecule has 0 spiro atoms. The second kappa shape index (κ2) is 5.92. The van der Waals surface area contributed by atoms with Gasteiger partial charge in [-0.2, -0.15) is 5.26 Å². The zero-order chi connectivity index (χ0) is 15.5. The van der Waals surface area contributed by atoms with E-state index in [1.54, 1.807) is 0 Å². The molecule has 0 fully saturated rings. The highest BCUT2D eigenvalue weighted by Crippen LogP contribution is 2.22. The van der Waals surface area contributed by atoms with E-state index in [2.05, 4.69) is 20.1 Å². The molecule has 0 aliphatic heterocycles. The number of nitrogen functional groups attached to an aromatic ring is 1. The number of hydrogen-bond donors (Lipinski definition) is 3. The number of nitriles is 1. The summed E-state index contributed by atoms with van der Waals surface area (Å²) in [6, 6.07) is 6.07. The van der Waals surface area contributed by atoms with E-state index in [9.17, 15) is 8.42 Å². The fourth-order valence-electron chi connectivity index (χ4n) is 1.41. The summed E-state index contributed by atoms with van der Waals surface area (Å²) in [5.41, 5.74) is 2.66. The standard InChI is InChI=1S/C11H9ClN6O2S/c12-10-3-8(2-1-7(10)4-13)18-21(19,20)9-5-15-11(17-14)16-6-9/h1-3,5-6,18H,14H2,(H,15,16,17). The Kier molecular flexibility index (Phi) is 4.23. The van der Waals surface area contributed by atoms with Crippen LogP contribution in [0.15, 0.2) is 35.5 Å². The SMILES string of the molecule is N#Cc1ccc(NS(=O)(=O)c2cnc(NN)nc2)cc1Cl. The maximum Gasteiger partial charge on any atom is 0.264 e. The Labute approximate surface area is 125 Å². The van der Waals surface area contributed by atoms with Gasteiger partial charge in [-0.1, -0.05) is 11.6 Å². The maximum absolute atomic E-state index is 12.1. The molecule has 1 aromatic carbocycles. The van der Waals surface area contributed by atoms with Gasteiger partial charge in [0.05, 0.1) is 28.7 Å². The van der Waals surface area contributed by atoms with E-state index >= 15 is 0 Å². The average molecular weight is 325 g/mol. The molecule has 2 aromatic rings. The highest BCUT2D eigenvalue weighted by molar-refractivity contribution is 7.92. The van der Waals surface area contributed by atoms with Crippen molar-refractivity contribution in [2.24, 2.45) is 5.84 Å². The highest BCUT2D eigenvalue weighted by atomic mass is 35.5. The van der Waals surface area contributed by atoms with Gasteiger partial charge in [0.1, 0.15) is 11.0 Å². The second-order valence-electron chi connectivity index (χ2n) is 3.80. The molecule has 108 valence electrons. The minimum Gasteiger partial charge on any atom is -0.292 e. The molecular formula is C11H9ClN6O2S. The Balaban J connectivity index is 2.28. The van der Waals surface area contributed by atoms with E-state index in [-0.39, 0.29) is 27.1 Å². The number of hydrazine groups is 1. The maximum atomic E-state index is 12.1. The lowest BCUT2D eigenvalue weighted by Gasteiger charge is -2.08. The fraction of sp³-hybridized carbons (Fsp3) is 0. The predicted octanol–water partition coefficient (Wildman–Crippen LogP) is 1.09. The first-order valence-electron chi connectivity index (χ1n) is 5.47. The molecule has 0 saturated carbocycles. The zero-order valence-corrected chi connectivity index (χ0v) is 12.0. The average Bonchev–Trinajstić information content (AvgIpc) is 2.47. The Morgan fingerprint density at radius 1 is 1.29 bits per heavy atom. The number of nitrogens with two attached hydrogens (primary N) is 1. The molecule has 21 heavy (non-hydrogen) atoms. The number of aromatic nitrogens is 2. The normalized spacial score (nSPS) is 10.7. The molecule has 0 saturated heterocycles. The molecule has 2 rings (SSSR count). The molecule has 1 heterocycles. The van der Waals surface area contributed by atoms with Crippen LogP contribution in [0.3, 0.4) is 0 Å². The first-order valence-corrected chi connectivity index (χ1v) is 7.33. The Hall–Kier alpha value is -2.41. The minimum absolute atomic E-state index is 0.0929. The Morgan fingerprint density at radius 3 is 2.48 bits per heavy atom. The van der Waals surface area contributed by atoms with E-state index in [1.165, 1.54) is 18.2 Å². The third-order valence-electron chi connectivity index (χ3n) is 2.41. The third-order valence-corrected chi connectivity index (χ3v) is 4.06. The van der Waals surface area contributed by atoms with Gasteiger partial charge >= 0.3 is 0 Å². The van der Waals surface area contributed by atoms with Gasteiger partial charge in [0.25, 0.3) is 10.0 Å². The van der Waals surface area contributed by atoms with Crippen LogP contribution in [0, 0.1) is 11.3 Å². The monoisotopic (exact) mass is 324 g/mol. The van der Waals surface area contributed by atoms with Crippen LogP contribution >= 0.6 is 11.6 Å². The fourth-order valence-corrected chi connectivity index (χ4v) is 2.57. The van der Waals surface area contributed by atoms with E-state index in [4.69, 9.17) is 22.7 Å². The predicted molar refractivity (Wildman–Crippen MR) is 76.8 cm³/mol. The van der Waals surface area contributed by atoms with Crippen molar-refractivity contribution in [3.05, 3.63) is 41.2 Å². The van der Waals surface area contributed by atoms with Crippen molar-refractivity contribution in [3.8, 4) is 6.07 Å². The van der Waals surface area contributed by atoms with Crippen LogP contribution in [-0.2, 0) is 10.0 Å². The number of benzene rings is 1. The number of nitrogens with one attached hydrogen (secondary N) is 2. The quantitative estimate of drug-likeness (QED) is 0.566. The van der Waals surface area contributed by atoms with Gasteiger partial charge in [-0.3, -0.25) is 10.1 Å². The molecule has 0 radical (unpaired) electrons. The second-order valence-corrected chi connectivity index (χ2v) is 5.89. The van der Waals surface area contributed by atoms with Crippen LogP contribution in [0.2, 0.25) is 5.02 Å². The number of rotatable bonds is 4. The number of anilines is 2.